The number of aliphatic hydroxyl groups excluding tert-OH is 1. The van der Waals surface area contributed by atoms with Crippen molar-refractivity contribution in [2.24, 2.45) is 0 Å². The summed E-state index contributed by atoms with van der Waals surface area (Å²) in [5.74, 6) is 0.143. The number of anilines is 2. The minimum absolute atomic E-state index is 0.0331. The first-order chi connectivity index (χ1) is 21.7. The van der Waals surface area contributed by atoms with E-state index in [-0.39, 0.29) is 23.7 Å². The highest BCUT2D eigenvalue weighted by Gasteiger charge is 2.15. The summed E-state index contributed by atoms with van der Waals surface area (Å²) in [6, 6.07) is 23.0. The van der Waals surface area contributed by atoms with Gasteiger partial charge in [-0.3, -0.25) is 9.59 Å². The van der Waals surface area contributed by atoms with Gasteiger partial charge in [0.15, 0.2) is 17.3 Å². The van der Waals surface area contributed by atoms with E-state index >= 15 is 0 Å². The van der Waals surface area contributed by atoms with Gasteiger partial charge in [0, 0.05) is 11.8 Å². The summed E-state index contributed by atoms with van der Waals surface area (Å²) in [5, 5.41) is 14.4. The van der Waals surface area contributed by atoms with E-state index in [2.05, 4.69) is 5.32 Å². The first kappa shape index (κ1) is 32.9. The third kappa shape index (κ3) is 9.25. The van der Waals surface area contributed by atoms with Crippen molar-refractivity contribution >= 4 is 58.5 Å². The zero-order valence-corrected chi connectivity index (χ0v) is 26.4. The lowest BCUT2D eigenvalue weighted by Crippen LogP contribution is -2.13. The van der Waals surface area contributed by atoms with E-state index in [1.54, 1.807) is 61.7 Å². The molecule has 0 saturated heterocycles. The van der Waals surface area contributed by atoms with Gasteiger partial charge in [-0.1, -0.05) is 77.8 Å². The summed E-state index contributed by atoms with van der Waals surface area (Å²) >= 11 is 12.6. The van der Waals surface area contributed by atoms with Crippen molar-refractivity contribution in [3.8, 4) is 17.2 Å². The van der Waals surface area contributed by atoms with Crippen LogP contribution in [0.4, 0.5) is 11.4 Å². The Balaban J connectivity index is 1.40. The number of esters is 1. The maximum Gasteiger partial charge on any atom is 0.315 e. The van der Waals surface area contributed by atoms with E-state index in [9.17, 15) is 14.7 Å². The second kappa shape index (κ2) is 15.7. The highest BCUT2D eigenvalue weighted by molar-refractivity contribution is 6.39. The average Bonchev–Trinajstić information content (AvgIpc) is 3.02. The Labute approximate surface area is 272 Å². The number of aryl methyl sites for hydroxylation is 1. The van der Waals surface area contributed by atoms with E-state index in [4.69, 9.17) is 37.4 Å². The van der Waals surface area contributed by atoms with Crippen molar-refractivity contribution in [3.63, 3.8) is 0 Å². The van der Waals surface area contributed by atoms with Crippen LogP contribution in [0.5, 0.6) is 17.2 Å². The number of para-hydroxylation sites is 2. The van der Waals surface area contributed by atoms with Crippen molar-refractivity contribution in [2.45, 2.75) is 13.3 Å². The van der Waals surface area contributed by atoms with E-state index in [0.717, 1.165) is 23.0 Å². The summed E-state index contributed by atoms with van der Waals surface area (Å²) < 4.78 is 16.4. The monoisotopic (exact) mass is 643 g/mol. The Kier molecular flexibility index (Phi) is 11.5. The average molecular weight is 645 g/mol. The molecule has 9 heteroatoms. The molecule has 0 fully saturated rings. The lowest BCUT2D eigenvalue weighted by Gasteiger charge is -2.15. The summed E-state index contributed by atoms with van der Waals surface area (Å²) in [5.41, 5.74) is 4.31. The fraction of sp³-hybridized carbons (Fsp3) is 0.111. The van der Waals surface area contributed by atoms with Gasteiger partial charge in [-0.2, -0.15) is 0 Å². The van der Waals surface area contributed by atoms with Crippen LogP contribution >= 0.6 is 23.2 Å². The van der Waals surface area contributed by atoms with Gasteiger partial charge in [0.1, 0.15) is 11.5 Å². The van der Waals surface area contributed by atoms with Crippen LogP contribution in [0, 0.1) is 6.92 Å². The number of methoxy groups -OCH3 is 2. The standard InChI is InChI=1S/C36H31Cl2NO6/c1-23-11-12-24(19-33(23)43-2)13-16-27(40)22-28(41)17-14-25-15-18-32(34(20-25)44-3)45-35(42)21-26-7-4-5-10-31(26)39-36-29(37)8-6-9-30(36)38/h4-20,22,39,41H,21H2,1-3H3/b16-13+,17-14+,28-22?. The fourth-order valence-corrected chi connectivity index (χ4v) is 4.77. The van der Waals surface area contributed by atoms with Crippen molar-refractivity contribution in [2.75, 3.05) is 19.5 Å². The number of aliphatic hydroxyl groups is 1. The number of allylic oxidation sites excluding steroid dienone is 3. The second-order valence-electron chi connectivity index (χ2n) is 9.81. The van der Waals surface area contributed by atoms with Gasteiger partial charge in [-0.05, 0) is 77.7 Å². The molecule has 2 N–H and O–H groups in total. The van der Waals surface area contributed by atoms with Crippen molar-refractivity contribution in [1.29, 1.82) is 0 Å². The topological polar surface area (TPSA) is 94.1 Å². The van der Waals surface area contributed by atoms with E-state index < -0.39 is 5.97 Å². The van der Waals surface area contributed by atoms with Crippen LogP contribution < -0.4 is 19.5 Å². The van der Waals surface area contributed by atoms with Crippen molar-refractivity contribution in [1.82, 2.24) is 0 Å². The number of hydrogen-bond acceptors (Lipinski definition) is 7. The first-order valence-corrected chi connectivity index (χ1v) is 14.6. The van der Waals surface area contributed by atoms with Gasteiger partial charge >= 0.3 is 5.97 Å². The third-order valence-corrected chi connectivity index (χ3v) is 7.22. The third-order valence-electron chi connectivity index (χ3n) is 6.59. The molecule has 0 aliphatic carbocycles. The summed E-state index contributed by atoms with van der Waals surface area (Å²) in [7, 11) is 3.04. The molecular formula is C36H31Cl2NO6. The Morgan fingerprint density at radius 1 is 0.800 bits per heavy atom. The van der Waals surface area contributed by atoms with Crippen LogP contribution in [-0.2, 0) is 16.0 Å². The molecule has 0 atom stereocenters. The molecule has 0 saturated carbocycles. The molecule has 0 radical (unpaired) electrons. The van der Waals surface area contributed by atoms with Gasteiger partial charge in [-0.25, -0.2) is 0 Å². The molecule has 0 aliphatic heterocycles. The molecule has 4 aromatic carbocycles. The van der Waals surface area contributed by atoms with Gasteiger partial charge < -0.3 is 24.6 Å². The van der Waals surface area contributed by atoms with Crippen LogP contribution in [-0.4, -0.2) is 31.1 Å². The fourth-order valence-electron chi connectivity index (χ4n) is 4.28. The molecule has 0 bridgehead atoms. The SMILES string of the molecule is COc1cc(/C=C/C(=O)C=C(O)/C=C/c2ccc(OC(=O)Cc3ccccc3Nc3c(Cl)cccc3Cl)c(OC)c2)ccc1C. The second-order valence-corrected chi connectivity index (χ2v) is 10.6. The highest BCUT2D eigenvalue weighted by atomic mass is 35.5. The maximum absolute atomic E-state index is 12.9. The molecule has 0 spiro atoms. The minimum atomic E-state index is -0.507. The van der Waals surface area contributed by atoms with Gasteiger partial charge in [0.05, 0.1) is 36.4 Å². The first-order valence-electron chi connectivity index (χ1n) is 13.8. The molecule has 0 aromatic heterocycles. The van der Waals surface area contributed by atoms with Gasteiger partial charge in [0.2, 0.25) is 0 Å². The Bertz CT molecular complexity index is 1770. The lowest BCUT2D eigenvalue weighted by molar-refractivity contribution is -0.133. The number of nitrogens with one attached hydrogen (secondary N) is 1. The molecular weight excluding hydrogens is 613 g/mol. The van der Waals surface area contributed by atoms with Crippen LogP contribution in [0.25, 0.3) is 12.2 Å². The number of carbonyl (C=O) groups is 2. The number of ether oxygens (including phenoxy) is 3. The molecule has 0 amide bonds. The summed E-state index contributed by atoms with van der Waals surface area (Å²) in [6.45, 7) is 1.93. The van der Waals surface area contributed by atoms with Gasteiger partial charge in [0.25, 0.3) is 0 Å². The number of rotatable bonds is 12. The normalized spacial score (nSPS) is 11.5. The van der Waals surface area contributed by atoms with Crippen LogP contribution in [0.15, 0.2) is 103 Å². The largest absolute Gasteiger partial charge is 0.508 e. The van der Waals surface area contributed by atoms with Gasteiger partial charge in [-0.15, -0.1) is 0 Å². The van der Waals surface area contributed by atoms with Crippen LogP contribution in [0.1, 0.15) is 22.3 Å². The minimum Gasteiger partial charge on any atom is -0.508 e. The number of ketones is 1. The number of hydrogen-bond donors (Lipinski definition) is 2. The smallest absolute Gasteiger partial charge is 0.315 e. The zero-order chi connectivity index (χ0) is 32.3. The summed E-state index contributed by atoms with van der Waals surface area (Å²) in [4.78, 5) is 25.2. The van der Waals surface area contributed by atoms with Crippen LogP contribution in [0.3, 0.4) is 0 Å². The Morgan fingerprint density at radius 3 is 2.16 bits per heavy atom. The molecule has 0 heterocycles. The van der Waals surface area contributed by atoms with Crippen molar-refractivity contribution < 1.29 is 28.9 Å². The number of benzene rings is 4. The Hall–Kier alpha value is -4.98. The number of carbonyl (C=O) groups excluding carboxylic acids is 2. The lowest BCUT2D eigenvalue weighted by atomic mass is 10.1. The molecule has 7 nitrogen and oxygen atoms in total. The van der Waals surface area contributed by atoms with Crippen LogP contribution in [0.2, 0.25) is 10.0 Å². The quantitative estimate of drug-likeness (QED) is 0.0523. The molecule has 4 aromatic rings. The predicted octanol–water partition coefficient (Wildman–Crippen LogP) is 8.95. The Morgan fingerprint density at radius 2 is 1.44 bits per heavy atom. The summed E-state index contributed by atoms with van der Waals surface area (Å²) in [6.07, 6.45) is 7.07. The van der Waals surface area contributed by atoms with E-state index in [0.29, 0.717) is 38.3 Å². The van der Waals surface area contributed by atoms with Crippen molar-refractivity contribution in [3.05, 3.63) is 135 Å². The molecule has 230 valence electrons. The number of halogens is 2. The zero-order valence-electron chi connectivity index (χ0n) is 24.8. The molecule has 0 unspecified atom stereocenters. The molecule has 45 heavy (non-hydrogen) atoms. The predicted molar refractivity (Wildman–Crippen MR) is 180 cm³/mol. The molecule has 4 rings (SSSR count). The molecule has 0 aliphatic rings. The highest BCUT2D eigenvalue weighted by Crippen LogP contribution is 2.34. The maximum atomic E-state index is 12.9. The van der Waals surface area contributed by atoms with E-state index in [1.807, 2.05) is 43.3 Å². The van der Waals surface area contributed by atoms with E-state index in [1.165, 1.54) is 19.3 Å².